The van der Waals surface area contributed by atoms with Crippen molar-refractivity contribution in [3.63, 3.8) is 0 Å². The van der Waals surface area contributed by atoms with Crippen molar-refractivity contribution in [3.05, 3.63) is 68.8 Å². The van der Waals surface area contributed by atoms with Gasteiger partial charge in [0.05, 0.1) is 34.1 Å². The summed E-state index contributed by atoms with van der Waals surface area (Å²) in [5, 5.41) is 22.6. The molecule has 2 aromatic heterocycles. The van der Waals surface area contributed by atoms with Crippen molar-refractivity contribution in [1.82, 2.24) is 24.9 Å². The van der Waals surface area contributed by atoms with Crippen LogP contribution in [-0.2, 0) is 6.54 Å². The zero-order chi connectivity index (χ0) is 20.4. The molecule has 1 N–H and O–H groups in total. The number of para-hydroxylation sites is 1. The summed E-state index contributed by atoms with van der Waals surface area (Å²) in [5.74, 6) is -0.229. The van der Waals surface area contributed by atoms with E-state index in [0.717, 1.165) is 11.4 Å². The lowest BCUT2D eigenvalue weighted by molar-refractivity contribution is -0.386. The van der Waals surface area contributed by atoms with Crippen LogP contribution in [0.1, 0.15) is 33.1 Å². The first-order valence-electron chi connectivity index (χ1n) is 8.89. The summed E-state index contributed by atoms with van der Waals surface area (Å²) in [4.78, 5) is 23.3. The van der Waals surface area contributed by atoms with E-state index in [1.165, 1.54) is 0 Å². The third-order valence-corrected chi connectivity index (χ3v) is 4.65. The normalized spacial score (nSPS) is 10.9. The third-order valence-electron chi connectivity index (χ3n) is 4.65. The van der Waals surface area contributed by atoms with Crippen LogP contribution >= 0.6 is 0 Å². The number of aromatic nitrogens is 4. The summed E-state index contributed by atoms with van der Waals surface area (Å²) >= 11 is 0. The predicted molar refractivity (Wildman–Crippen MR) is 104 cm³/mol. The van der Waals surface area contributed by atoms with Gasteiger partial charge >= 0.3 is 5.69 Å². The second-order valence-corrected chi connectivity index (χ2v) is 6.55. The lowest BCUT2D eigenvalue weighted by Crippen LogP contribution is -2.28. The van der Waals surface area contributed by atoms with Gasteiger partial charge in [-0.05, 0) is 39.8 Å². The number of hydrogen-bond donors (Lipinski definition) is 1. The minimum Gasteiger partial charge on any atom is -0.350 e. The molecule has 3 aromatic rings. The quantitative estimate of drug-likeness (QED) is 0.521. The lowest BCUT2D eigenvalue weighted by Gasteiger charge is -2.08. The summed E-state index contributed by atoms with van der Waals surface area (Å²) < 4.78 is 3.29. The number of nitro groups is 1. The Labute approximate surface area is 162 Å². The first-order valence-corrected chi connectivity index (χ1v) is 8.89. The summed E-state index contributed by atoms with van der Waals surface area (Å²) in [6.45, 7) is 7.55. The summed E-state index contributed by atoms with van der Waals surface area (Å²) in [7, 11) is 0. The van der Waals surface area contributed by atoms with Crippen molar-refractivity contribution in [1.29, 1.82) is 0 Å². The fraction of sp³-hybridized carbons (Fsp3) is 0.316. The van der Waals surface area contributed by atoms with Gasteiger partial charge in [0.15, 0.2) is 0 Å². The van der Waals surface area contributed by atoms with Crippen LogP contribution in [0.25, 0.3) is 5.69 Å². The fourth-order valence-corrected chi connectivity index (χ4v) is 3.33. The minimum absolute atomic E-state index is 0.0159. The Morgan fingerprint density at radius 3 is 2.36 bits per heavy atom. The highest BCUT2D eigenvalue weighted by atomic mass is 16.6. The summed E-state index contributed by atoms with van der Waals surface area (Å²) in [5.41, 5.74) is 3.66. The summed E-state index contributed by atoms with van der Waals surface area (Å²) in [6, 6.07) is 9.61. The maximum atomic E-state index is 12.7. The van der Waals surface area contributed by atoms with Crippen molar-refractivity contribution in [2.45, 2.75) is 34.2 Å². The van der Waals surface area contributed by atoms with E-state index < -0.39 is 4.92 Å². The Bertz CT molecular complexity index is 1040. The molecule has 1 aromatic carbocycles. The number of carbonyl (C=O) groups excluding carboxylic acids is 1. The van der Waals surface area contributed by atoms with Gasteiger partial charge in [0, 0.05) is 6.54 Å². The first kappa shape index (κ1) is 19.3. The highest BCUT2D eigenvalue weighted by Crippen LogP contribution is 2.21. The number of rotatable bonds is 6. The standard InChI is InChI=1S/C19H22N6O3/c1-12-17(14(3)24(22-12)16-8-6-5-7-9-16)19(26)20-10-11-23-15(4)18(25(27)28)13(2)21-23/h5-9H,10-11H2,1-4H3,(H,20,26). The molecule has 0 radical (unpaired) electrons. The molecule has 0 aliphatic carbocycles. The average Bonchev–Trinajstić information content (AvgIpc) is 3.10. The highest BCUT2D eigenvalue weighted by molar-refractivity contribution is 5.96. The first-order chi connectivity index (χ1) is 13.3. The smallest absolute Gasteiger partial charge is 0.312 e. The highest BCUT2D eigenvalue weighted by Gasteiger charge is 2.22. The Hall–Kier alpha value is -3.49. The minimum atomic E-state index is -0.433. The lowest BCUT2D eigenvalue weighted by atomic mass is 10.2. The van der Waals surface area contributed by atoms with Gasteiger partial charge in [-0.1, -0.05) is 18.2 Å². The second kappa shape index (κ2) is 7.63. The van der Waals surface area contributed by atoms with Crippen molar-refractivity contribution >= 4 is 11.6 Å². The Balaban J connectivity index is 1.72. The molecule has 0 saturated heterocycles. The molecule has 0 saturated carbocycles. The third kappa shape index (κ3) is 3.51. The molecule has 146 valence electrons. The second-order valence-electron chi connectivity index (χ2n) is 6.55. The Morgan fingerprint density at radius 1 is 1.07 bits per heavy atom. The molecule has 0 spiro atoms. The van der Waals surface area contributed by atoms with Crippen molar-refractivity contribution in [2.24, 2.45) is 0 Å². The largest absolute Gasteiger partial charge is 0.350 e. The van der Waals surface area contributed by atoms with Gasteiger partial charge in [-0.2, -0.15) is 10.2 Å². The molecule has 0 bridgehead atoms. The topological polar surface area (TPSA) is 108 Å². The van der Waals surface area contributed by atoms with Crippen molar-refractivity contribution < 1.29 is 9.72 Å². The molecule has 9 nitrogen and oxygen atoms in total. The van der Waals surface area contributed by atoms with Crippen LogP contribution in [0.5, 0.6) is 0 Å². The van der Waals surface area contributed by atoms with Crippen LogP contribution in [0, 0.1) is 37.8 Å². The van der Waals surface area contributed by atoms with E-state index in [-0.39, 0.29) is 11.6 Å². The predicted octanol–water partition coefficient (Wildman–Crippen LogP) is 2.64. The van der Waals surface area contributed by atoms with Gasteiger partial charge < -0.3 is 5.32 Å². The molecule has 1 amide bonds. The van der Waals surface area contributed by atoms with E-state index in [1.54, 1.807) is 30.1 Å². The van der Waals surface area contributed by atoms with E-state index in [9.17, 15) is 14.9 Å². The number of aryl methyl sites for hydroxylation is 2. The maximum absolute atomic E-state index is 12.7. The number of hydrogen-bond acceptors (Lipinski definition) is 5. The Morgan fingerprint density at radius 2 is 1.75 bits per heavy atom. The monoisotopic (exact) mass is 382 g/mol. The van der Waals surface area contributed by atoms with E-state index in [0.29, 0.717) is 35.7 Å². The molecule has 0 atom stereocenters. The zero-order valence-electron chi connectivity index (χ0n) is 16.3. The van der Waals surface area contributed by atoms with E-state index in [1.807, 2.05) is 37.3 Å². The van der Waals surface area contributed by atoms with Crippen LogP contribution in [-0.4, -0.2) is 36.9 Å². The van der Waals surface area contributed by atoms with Gasteiger partial charge in [0.1, 0.15) is 11.4 Å². The number of amides is 1. The Kier molecular flexibility index (Phi) is 5.25. The zero-order valence-corrected chi connectivity index (χ0v) is 16.3. The van der Waals surface area contributed by atoms with Gasteiger partial charge in [-0.25, -0.2) is 4.68 Å². The number of benzene rings is 1. The molecule has 3 rings (SSSR count). The molecule has 0 fully saturated rings. The van der Waals surface area contributed by atoms with Crippen LogP contribution in [0.4, 0.5) is 5.69 Å². The van der Waals surface area contributed by atoms with Crippen LogP contribution < -0.4 is 5.32 Å². The number of carbonyl (C=O) groups is 1. The van der Waals surface area contributed by atoms with Crippen LogP contribution in [0.3, 0.4) is 0 Å². The molecule has 2 heterocycles. The molecule has 28 heavy (non-hydrogen) atoms. The number of nitrogens with one attached hydrogen (secondary N) is 1. The number of nitrogens with zero attached hydrogens (tertiary/aromatic N) is 5. The van der Waals surface area contributed by atoms with E-state index >= 15 is 0 Å². The van der Waals surface area contributed by atoms with Crippen LogP contribution in [0.2, 0.25) is 0 Å². The fourth-order valence-electron chi connectivity index (χ4n) is 3.33. The van der Waals surface area contributed by atoms with E-state index in [4.69, 9.17) is 0 Å². The maximum Gasteiger partial charge on any atom is 0.312 e. The van der Waals surface area contributed by atoms with Crippen molar-refractivity contribution in [3.8, 4) is 5.69 Å². The van der Waals surface area contributed by atoms with Gasteiger partial charge in [-0.15, -0.1) is 0 Å². The molecular formula is C19H22N6O3. The van der Waals surface area contributed by atoms with E-state index in [2.05, 4.69) is 15.5 Å². The molecular weight excluding hydrogens is 360 g/mol. The summed E-state index contributed by atoms with van der Waals surface area (Å²) in [6.07, 6.45) is 0. The SMILES string of the molecule is Cc1nn(-c2ccccc2)c(C)c1C(=O)NCCn1nc(C)c([N+](=O)[O-])c1C. The van der Waals surface area contributed by atoms with Gasteiger partial charge in [-0.3, -0.25) is 19.6 Å². The molecule has 9 heteroatoms. The molecule has 0 aliphatic rings. The van der Waals surface area contributed by atoms with Gasteiger partial charge in [0.25, 0.3) is 5.91 Å². The average molecular weight is 382 g/mol. The molecule has 0 unspecified atom stereocenters. The van der Waals surface area contributed by atoms with Crippen molar-refractivity contribution in [2.75, 3.05) is 6.54 Å². The van der Waals surface area contributed by atoms with Gasteiger partial charge in [0.2, 0.25) is 0 Å². The van der Waals surface area contributed by atoms with Crippen LogP contribution in [0.15, 0.2) is 30.3 Å². The molecule has 0 aliphatic heterocycles.